The molecule has 9 nitrogen and oxygen atoms in total. The van der Waals surface area contributed by atoms with Crippen molar-refractivity contribution < 1.29 is 14.6 Å². The van der Waals surface area contributed by atoms with Crippen LogP contribution in [0, 0.1) is 20.2 Å². The fourth-order valence-electron chi connectivity index (χ4n) is 2.97. The van der Waals surface area contributed by atoms with Gasteiger partial charge in [0.2, 0.25) is 5.91 Å². The van der Waals surface area contributed by atoms with E-state index in [2.05, 4.69) is 4.99 Å². The summed E-state index contributed by atoms with van der Waals surface area (Å²) in [5.41, 5.74) is 1.57. The average Bonchev–Trinajstić information content (AvgIpc) is 2.76. The normalized spacial score (nSPS) is 13.8. The van der Waals surface area contributed by atoms with E-state index in [9.17, 15) is 25.0 Å². The third-order valence-electron chi connectivity index (χ3n) is 4.20. The molecule has 0 aromatic heterocycles. The molecule has 1 aliphatic rings. The van der Waals surface area contributed by atoms with Crippen molar-refractivity contribution in [3.63, 3.8) is 0 Å². The van der Waals surface area contributed by atoms with Gasteiger partial charge >= 0.3 is 0 Å². The SMILES string of the molecule is CC(C)N1C(=O)CC(c2ccc([N+](=O)[O-])cc2)=Nc2cc([N+](=O)[O-])ccc21. The Labute approximate surface area is 154 Å². The van der Waals surface area contributed by atoms with E-state index < -0.39 is 9.85 Å². The first-order chi connectivity index (χ1) is 12.8. The number of rotatable bonds is 4. The Kier molecular flexibility index (Phi) is 4.68. The lowest BCUT2D eigenvalue weighted by atomic mass is 10.1. The summed E-state index contributed by atoms with van der Waals surface area (Å²) in [4.78, 5) is 39.8. The summed E-state index contributed by atoms with van der Waals surface area (Å²) in [6, 6.07) is 9.74. The lowest BCUT2D eigenvalue weighted by Gasteiger charge is -2.26. The molecule has 1 amide bonds. The maximum absolute atomic E-state index is 12.8. The Morgan fingerprint density at radius 2 is 1.59 bits per heavy atom. The third-order valence-corrected chi connectivity index (χ3v) is 4.20. The van der Waals surface area contributed by atoms with Crippen LogP contribution in [0.25, 0.3) is 0 Å². The number of nitro groups is 2. The summed E-state index contributed by atoms with van der Waals surface area (Å²) >= 11 is 0. The quantitative estimate of drug-likeness (QED) is 0.601. The van der Waals surface area contributed by atoms with E-state index in [0.717, 1.165) is 0 Å². The predicted octanol–water partition coefficient (Wildman–Crippen LogP) is 3.77. The standard InChI is InChI=1S/C18H16N4O5/c1-11(2)20-17-8-7-14(22(26)27)9-16(17)19-15(10-18(20)23)12-3-5-13(6-4-12)21(24)25/h3-9,11H,10H2,1-2H3. The maximum Gasteiger partial charge on any atom is 0.271 e. The van der Waals surface area contributed by atoms with Crippen LogP contribution in [-0.2, 0) is 4.79 Å². The summed E-state index contributed by atoms with van der Waals surface area (Å²) in [5, 5.41) is 21.9. The van der Waals surface area contributed by atoms with Crippen molar-refractivity contribution in [2.75, 3.05) is 4.90 Å². The predicted molar refractivity (Wildman–Crippen MR) is 99.6 cm³/mol. The molecule has 0 bridgehead atoms. The van der Waals surface area contributed by atoms with Crippen LogP contribution in [0.15, 0.2) is 47.5 Å². The molecule has 3 rings (SSSR count). The number of fused-ring (bicyclic) bond motifs is 1. The summed E-state index contributed by atoms with van der Waals surface area (Å²) in [6.45, 7) is 3.69. The summed E-state index contributed by atoms with van der Waals surface area (Å²) in [5.74, 6) is -0.199. The van der Waals surface area contributed by atoms with Crippen molar-refractivity contribution in [1.29, 1.82) is 0 Å². The fourth-order valence-corrected chi connectivity index (χ4v) is 2.97. The highest BCUT2D eigenvalue weighted by Gasteiger charge is 2.28. The molecule has 1 heterocycles. The average molecular weight is 368 g/mol. The van der Waals surface area contributed by atoms with Gasteiger partial charge in [-0.05, 0) is 37.6 Å². The van der Waals surface area contributed by atoms with E-state index in [4.69, 9.17) is 0 Å². The number of benzene rings is 2. The molecule has 138 valence electrons. The number of nitrogens with zero attached hydrogens (tertiary/aromatic N) is 4. The molecule has 0 fully saturated rings. The van der Waals surface area contributed by atoms with Gasteiger partial charge in [0.1, 0.15) is 0 Å². The molecule has 0 spiro atoms. The minimum absolute atomic E-state index is 0.0154. The minimum Gasteiger partial charge on any atom is -0.307 e. The van der Waals surface area contributed by atoms with E-state index in [-0.39, 0.29) is 29.7 Å². The van der Waals surface area contributed by atoms with Crippen molar-refractivity contribution in [2.24, 2.45) is 4.99 Å². The number of carbonyl (C=O) groups excluding carboxylic acids is 1. The first-order valence-corrected chi connectivity index (χ1v) is 8.21. The van der Waals surface area contributed by atoms with Gasteiger partial charge in [0.25, 0.3) is 11.4 Å². The number of amides is 1. The van der Waals surface area contributed by atoms with Crippen LogP contribution in [0.2, 0.25) is 0 Å². The molecular weight excluding hydrogens is 352 g/mol. The smallest absolute Gasteiger partial charge is 0.271 e. The number of nitro benzene ring substituents is 2. The van der Waals surface area contributed by atoms with Gasteiger partial charge in [-0.15, -0.1) is 0 Å². The number of aliphatic imine (C=N–C) groups is 1. The van der Waals surface area contributed by atoms with Crippen LogP contribution in [0.1, 0.15) is 25.8 Å². The van der Waals surface area contributed by atoms with Gasteiger partial charge in [0, 0.05) is 30.3 Å². The second kappa shape index (κ2) is 6.94. The Morgan fingerprint density at radius 3 is 2.15 bits per heavy atom. The summed E-state index contributed by atoms with van der Waals surface area (Å²) in [7, 11) is 0. The Balaban J connectivity index is 2.14. The molecule has 0 radical (unpaired) electrons. The van der Waals surface area contributed by atoms with E-state index >= 15 is 0 Å². The summed E-state index contributed by atoms with van der Waals surface area (Å²) in [6.07, 6.45) is -0.0154. The zero-order chi connectivity index (χ0) is 19.7. The van der Waals surface area contributed by atoms with Crippen molar-refractivity contribution in [3.05, 3.63) is 68.3 Å². The second-order valence-electron chi connectivity index (χ2n) is 6.33. The van der Waals surface area contributed by atoms with Crippen LogP contribution >= 0.6 is 0 Å². The number of hydrogen-bond donors (Lipinski definition) is 0. The molecule has 0 aliphatic carbocycles. The van der Waals surface area contributed by atoms with E-state index in [1.54, 1.807) is 4.90 Å². The highest BCUT2D eigenvalue weighted by atomic mass is 16.6. The molecule has 1 aliphatic heterocycles. The number of carbonyl (C=O) groups is 1. The van der Waals surface area contributed by atoms with Crippen LogP contribution in [0.4, 0.5) is 22.7 Å². The Morgan fingerprint density at radius 1 is 1.00 bits per heavy atom. The van der Waals surface area contributed by atoms with Crippen LogP contribution < -0.4 is 4.90 Å². The van der Waals surface area contributed by atoms with Gasteiger partial charge in [0.15, 0.2) is 0 Å². The molecule has 0 N–H and O–H groups in total. The lowest BCUT2D eigenvalue weighted by molar-refractivity contribution is -0.385. The first kappa shape index (κ1) is 18.2. The Hall–Kier alpha value is -3.62. The fraction of sp³-hybridized carbons (Fsp3) is 0.222. The monoisotopic (exact) mass is 368 g/mol. The molecular formula is C18H16N4O5. The maximum atomic E-state index is 12.8. The molecule has 0 unspecified atom stereocenters. The molecule has 2 aromatic carbocycles. The number of anilines is 1. The number of hydrogen-bond acceptors (Lipinski definition) is 6. The van der Waals surface area contributed by atoms with Crippen LogP contribution in [-0.4, -0.2) is 27.5 Å². The number of non-ortho nitro benzene ring substituents is 2. The molecule has 2 aromatic rings. The molecule has 0 saturated heterocycles. The zero-order valence-corrected chi connectivity index (χ0v) is 14.7. The topological polar surface area (TPSA) is 119 Å². The molecule has 27 heavy (non-hydrogen) atoms. The summed E-state index contributed by atoms with van der Waals surface area (Å²) < 4.78 is 0. The van der Waals surface area contributed by atoms with E-state index in [0.29, 0.717) is 22.6 Å². The molecule has 0 saturated carbocycles. The van der Waals surface area contributed by atoms with Crippen LogP contribution in [0.5, 0.6) is 0 Å². The van der Waals surface area contributed by atoms with Gasteiger partial charge < -0.3 is 4.90 Å². The lowest BCUT2D eigenvalue weighted by Crippen LogP contribution is -2.37. The van der Waals surface area contributed by atoms with Gasteiger partial charge in [-0.2, -0.15) is 0 Å². The van der Waals surface area contributed by atoms with Gasteiger partial charge in [-0.25, -0.2) is 4.99 Å². The molecule has 9 heteroatoms. The highest BCUT2D eigenvalue weighted by Crippen LogP contribution is 2.37. The van der Waals surface area contributed by atoms with Gasteiger partial charge in [0.05, 0.1) is 33.4 Å². The van der Waals surface area contributed by atoms with Crippen molar-refractivity contribution >= 4 is 34.4 Å². The van der Waals surface area contributed by atoms with Gasteiger partial charge in [-0.1, -0.05) is 0 Å². The Bertz CT molecular complexity index is 966. The minimum atomic E-state index is -0.520. The van der Waals surface area contributed by atoms with Gasteiger partial charge in [-0.3, -0.25) is 25.0 Å². The van der Waals surface area contributed by atoms with Crippen molar-refractivity contribution in [3.8, 4) is 0 Å². The van der Waals surface area contributed by atoms with E-state index in [1.807, 2.05) is 13.8 Å². The second-order valence-corrected chi connectivity index (χ2v) is 6.33. The largest absolute Gasteiger partial charge is 0.307 e. The third kappa shape index (κ3) is 3.52. The van der Waals surface area contributed by atoms with Crippen LogP contribution in [0.3, 0.4) is 0 Å². The van der Waals surface area contributed by atoms with Crippen molar-refractivity contribution in [1.82, 2.24) is 0 Å². The molecule has 0 atom stereocenters. The van der Waals surface area contributed by atoms with Crippen molar-refractivity contribution in [2.45, 2.75) is 26.3 Å². The highest BCUT2D eigenvalue weighted by molar-refractivity contribution is 6.17. The zero-order valence-electron chi connectivity index (χ0n) is 14.7. The van der Waals surface area contributed by atoms with E-state index in [1.165, 1.54) is 42.5 Å². The first-order valence-electron chi connectivity index (χ1n) is 8.21.